The number of hydrogen-bond acceptors (Lipinski definition) is 5. The van der Waals surface area contributed by atoms with Crippen LogP contribution in [0.2, 0.25) is 0 Å². The van der Waals surface area contributed by atoms with Crippen LogP contribution >= 0.6 is 11.3 Å². The van der Waals surface area contributed by atoms with Crippen LogP contribution in [0.4, 0.5) is 5.82 Å². The molecular formula is C26H25N5S. The van der Waals surface area contributed by atoms with Crippen molar-refractivity contribution < 1.29 is 0 Å². The summed E-state index contributed by atoms with van der Waals surface area (Å²) in [6.07, 6.45) is 10.00. The number of benzene rings is 1. The van der Waals surface area contributed by atoms with Gasteiger partial charge in [-0.15, -0.1) is 11.3 Å². The normalized spacial score (nSPS) is 15.0. The van der Waals surface area contributed by atoms with Gasteiger partial charge in [0.25, 0.3) is 0 Å². The van der Waals surface area contributed by atoms with Crippen LogP contribution in [0.5, 0.6) is 0 Å². The number of nitrogen functional groups attached to an aromatic ring is 1. The highest BCUT2D eigenvalue weighted by molar-refractivity contribution is 7.13. The van der Waals surface area contributed by atoms with Crippen molar-refractivity contribution in [2.24, 2.45) is 0 Å². The number of aryl methyl sites for hydroxylation is 1. The van der Waals surface area contributed by atoms with E-state index in [-0.39, 0.29) is 0 Å². The lowest BCUT2D eigenvalue weighted by molar-refractivity contribution is 0.428. The van der Waals surface area contributed by atoms with Crippen LogP contribution in [0.3, 0.4) is 0 Å². The quantitative estimate of drug-likeness (QED) is 0.343. The standard InChI is InChI=1S/C26H25N5S/c1-16-14-21(22-8-5-13-32-22)29-20-15-18(9-10-19(16)20)23-24-25(27)28-11-12-31(24)26(30-23)17-6-3-2-4-7-17/h5,8-15,17H,2-4,6-7H2,1H3,(H2,27,28). The first-order valence-electron chi connectivity index (χ1n) is 11.3. The summed E-state index contributed by atoms with van der Waals surface area (Å²) >= 11 is 1.71. The maximum absolute atomic E-state index is 6.38. The minimum absolute atomic E-state index is 0.470. The fourth-order valence-electron chi connectivity index (χ4n) is 5.04. The van der Waals surface area contributed by atoms with E-state index in [0.717, 1.165) is 39.2 Å². The molecule has 1 fully saturated rings. The summed E-state index contributed by atoms with van der Waals surface area (Å²) in [6.45, 7) is 2.15. The molecule has 0 saturated heterocycles. The van der Waals surface area contributed by atoms with Crippen molar-refractivity contribution >= 4 is 33.6 Å². The van der Waals surface area contributed by atoms with E-state index in [4.69, 9.17) is 15.7 Å². The van der Waals surface area contributed by atoms with Gasteiger partial charge in [0.05, 0.1) is 16.1 Å². The summed E-state index contributed by atoms with van der Waals surface area (Å²) in [5, 5.41) is 3.25. The number of pyridine rings is 1. The molecule has 160 valence electrons. The molecular weight excluding hydrogens is 414 g/mol. The molecule has 0 unspecified atom stereocenters. The molecule has 0 aliphatic heterocycles. The van der Waals surface area contributed by atoms with E-state index in [9.17, 15) is 0 Å². The second kappa shape index (κ2) is 7.71. The van der Waals surface area contributed by atoms with Crippen LogP contribution < -0.4 is 5.73 Å². The van der Waals surface area contributed by atoms with Gasteiger partial charge in [-0.2, -0.15) is 0 Å². The topological polar surface area (TPSA) is 69.1 Å². The lowest BCUT2D eigenvalue weighted by Crippen LogP contribution is -2.09. The lowest BCUT2D eigenvalue weighted by Gasteiger charge is -2.20. The molecule has 6 rings (SSSR count). The number of nitrogens with two attached hydrogens (primary N) is 1. The Hall–Kier alpha value is -3.25. The molecule has 4 aromatic heterocycles. The Morgan fingerprint density at radius 1 is 1.06 bits per heavy atom. The zero-order valence-corrected chi connectivity index (χ0v) is 18.9. The summed E-state index contributed by atoms with van der Waals surface area (Å²) in [4.78, 5) is 15.7. The van der Waals surface area contributed by atoms with Gasteiger partial charge in [-0.25, -0.2) is 15.0 Å². The number of imidazole rings is 1. The Morgan fingerprint density at radius 3 is 2.75 bits per heavy atom. The Balaban J connectivity index is 1.54. The molecule has 0 spiro atoms. The number of thiophene rings is 1. The van der Waals surface area contributed by atoms with Crippen molar-refractivity contribution in [1.29, 1.82) is 0 Å². The Labute approximate surface area is 191 Å². The smallest absolute Gasteiger partial charge is 0.150 e. The SMILES string of the molecule is Cc1cc(-c2cccs2)nc2cc(-c3nc(C4CCCCC4)n4ccnc(N)c34)ccc12. The number of hydrogen-bond donors (Lipinski definition) is 1. The van der Waals surface area contributed by atoms with Gasteiger partial charge in [0, 0.05) is 29.3 Å². The lowest BCUT2D eigenvalue weighted by atomic mass is 9.89. The largest absolute Gasteiger partial charge is 0.382 e. The van der Waals surface area contributed by atoms with Crippen LogP contribution in [-0.4, -0.2) is 19.4 Å². The monoisotopic (exact) mass is 439 g/mol. The summed E-state index contributed by atoms with van der Waals surface area (Å²) in [5.74, 6) is 2.10. The van der Waals surface area contributed by atoms with Crippen LogP contribution in [0.15, 0.2) is 54.2 Å². The van der Waals surface area contributed by atoms with Gasteiger partial charge in [0.1, 0.15) is 22.9 Å². The molecule has 2 N–H and O–H groups in total. The minimum atomic E-state index is 0.470. The third-order valence-electron chi connectivity index (χ3n) is 6.64. The van der Waals surface area contributed by atoms with E-state index in [1.165, 1.54) is 42.5 Å². The van der Waals surface area contributed by atoms with Gasteiger partial charge in [-0.3, -0.25) is 4.40 Å². The van der Waals surface area contributed by atoms with E-state index >= 15 is 0 Å². The first kappa shape index (κ1) is 19.4. The first-order chi connectivity index (χ1) is 15.7. The average Bonchev–Trinajstić information content (AvgIpc) is 3.49. The van der Waals surface area contributed by atoms with Crippen molar-refractivity contribution in [3.8, 4) is 21.8 Å². The Morgan fingerprint density at radius 2 is 1.94 bits per heavy atom. The van der Waals surface area contributed by atoms with Crippen molar-refractivity contribution in [3.63, 3.8) is 0 Å². The average molecular weight is 440 g/mol. The molecule has 1 aliphatic carbocycles. The zero-order valence-electron chi connectivity index (χ0n) is 18.1. The van der Waals surface area contributed by atoms with Crippen LogP contribution in [0.25, 0.3) is 38.2 Å². The third kappa shape index (κ3) is 3.17. The molecule has 0 atom stereocenters. The number of rotatable bonds is 3. The predicted octanol–water partition coefficient (Wildman–Crippen LogP) is 6.61. The van der Waals surface area contributed by atoms with Crippen molar-refractivity contribution in [2.45, 2.75) is 44.9 Å². The van der Waals surface area contributed by atoms with Crippen molar-refractivity contribution in [2.75, 3.05) is 5.73 Å². The zero-order chi connectivity index (χ0) is 21.7. The maximum atomic E-state index is 6.38. The molecule has 1 saturated carbocycles. The number of aromatic nitrogens is 4. The fraction of sp³-hybridized carbons (Fsp3) is 0.269. The van der Waals surface area contributed by atoms with Gasteiger partial charge in [0.2, 0.25) is 0 Å². The molecule has 5 aromatic rings. The number of nitrogens with zero attached hydrogens (tertiary/aromatic N) is 4. The van der Waals surface area contributed by atoms with Crippen LogP contribution in [0.1, 0.15) is 49.4 Å². The molecule has 1 aromatic carbocycles. The van der Waals surface area contributed by atoms with Crippen molar-refractivity contribution in [1.82, 2.24) is 19.4 Å². The van der Waals surface area contributed by atoms with E-state index in [2.05, 4.69) is 58.1 Å². The van der Waals surface area contributed by atoms with Crippen LogP contribution in [-0.2, 0) is 0 Å². The summed E-state index contributed by atoms with van der Waals surface area (Å²) in [7, 11) is 0. The summed E-state index contributed by atoms with van der Waals surface area (Å²) in [6, 6.07) is 12.8. The highest BCUT2D eigenvalue weighted by atomic mass is 32.1. The minimum Gasteiger partial charge on any atom is -0.382 e. The second-order valence-electron chi connectivity index (χ2n) is 8.72. The second-order valence-corrected chi connectivity index (χ2v) is 9.67. The van der Waals surface area contributed by atoms with Gasteiger partial charge < -0.3 is 5.73 Å². The van der Waals surface area contributed by atoms with Gasteiger partial charge >= 0.3 is 0 Å². The predicted molar refractivity (Wildman–Crippen MR) is 132 cm³/mol. The molecule has 0 amide bonds. The third-order valence-corrected chi connectivity index (χ3v) is 7.54. The Kier molecular flexibility index (Phi) is 4.68. The number of anilines is 1. The summed E-state index contributed by atoms with van der Waals surface area (Å²) in [5.41, 5.74) is 12.4. The molecule has 1 aliphatic rings. The highest BCUT2D eigenvalue weighted by Gasteiger charge is 2.24. The van der Waals surface area contributed by atoms with Gasteiger partial charge in [-0.05, 0) is 48.9 Å². The Bertz CT molecular complexity index is 1430. The van der Waals surface area contributed by atoms with Gasteiger partial charge in [-0.1, -0.05) is 37.5 Å². The maximum Gasteiger partial charge on any atom is 0.150 e. The summed E-state index contributed by atoms with van der Waals surface area (Å²) < 4.78 is 2.17. The fourth-order valence-corrected chi connectivity index (χ4v) is 5.72. The van der Waals surface area contributed by atoms with Crippen LogP contribution in [0, 0.1) is 6.92 Å². The molecule has 32 heavy (non-hydrogen) atoms. The molecule has 0 bridgehead atoms. The van der Waals surface area contributed by atoms with E-state index < -0.39 is 0 Å². The molecule has 0 radical (unpaired) electrons. The first-order valence-corrected chi connectivity index (χ1v) is 12.1. The van der Waals surface area contributed by atoms with E-state index in [0.29, 0.717) is 11.7 Å². The van der Waals surface area contributed by atoms with E-state index in [1.807, 2.05) is 6.20 Å². The molecule has 4 heterocycles. The molecule has 6 heteroatoms. The van der Waals surface area contributed by atoms with Gasteiger partial charge in [0.15, 0.2) is 0 Å². The van der Waals surface area contributed by atoms with E-state index in [1.54, 1.807) is 17.5 Å². The van der Waals surface area contributed by atoms with Crippen molar-refractivity contribution in [3.05, 3.63) is 65.6 Å². The molecule has 5 nitrogen and oxygen atoms in total. The highest BCUT2D eigenvalue weighted by Crippen LogP contribution is 2.37. The number of fused-ring (bicyclic) bond motifs is 2.